The zero-order valence-corrected chi connectivity index (χ0v) is 12.0. The average molecular weight is 283 g/mol. The number of ether oxygens (including phenoxy) is 2. The fourth-order valence-electron chi connectivity index (χ4n) is 1.82. The van der Waals surface area contributed by atoms with Crippen molar-refractivity contribution in [1.29, 1.82) is 0 Å². The van der Waals surface area contributed by atoms with Gasteiger partial charge in [-0.25, -0.2) is 0 Å². The number of carbonyl (C=O) groups excluding carboxylic acids is 1. The minimum Gasteiger partial charge on any atom is -0.493 e. The number of rotatable bonds is 7. The van der Waals surface area contributed by atoms with Gasteiger partial charge in [0.2, 0.25) is 0 Å². The number of aliphatic hydroxyl groups is 2. The molecular formula is C14H21NO5. The van der Waals surface area contributed by atoms with Crippen LogP contribution in [0.25, 0.3) is 0 Å². The van der Waals surface area contributed by atoms with Gasteiger partial charge in [0.1, 0.15) is 0 Å². The number of hydrogen-bond acceptors (Lipinski definition) is 5. The van der Waals surface area contributed by atoms with E-state index >= 15 is 0 Å². The first kappa shape index (κ1) is 16.3. The summed E-state index contributed by atoms with van der Waals surface area (Å²) in [5.74, 6) is 0.314. The lowest BCUT2D eigenvalue weighted by Crippen LogP contribution is -2.53. The normalized spacial score (nSPS) is 11.1. The van der Waals surface area contributed by atoms with Gasteiger partial charge >= 0.3 is 0 Å². The summed E-state index contributed by atoms with van der Waals surface area (Å²) < 4.78 is 10.3. The molecule has 1 aromatic carbocycles. The number of aliphatic hydroxyl groups excluding tert-OH is 2. The maximum Gasteiger partial charge on any atom is 0.255 e. The Morgan fingerprint density at radius 2 is 1.90 bits per heavy atom. The quantitative estimate of drug-likeness (QED) is 0.681. The van der Waals surface area contributed by atoms with Crippen molar-refractivity contribution < 1.29 is 24.5 Å². The monoisotopic (exact) mass is 283 g/mol. The summed E-state index contributed by atoms with van der Waals surface area (Å²) in [6.45, 7) is 1.07. The van der Waals surface area contributed by atoms with Crippen molar-refractivity contribution in [2.75, 3.05) is 27.4 Å². The highest BCUT2D eigenvalue weighted by Gasteiger charge is 2.30. The first-order valence-corrected chi connectivity index (χ1v) is 6.32. The Kier molecular flexibility index (Phi) is 5.79. The maximum absolute atomic E-state index is 12.3. The lowest BCUT2D eigenvalue weighted by atomic mass is 9.97. The number of carbonyl (C=O) groups is 1. The van der Waals surface area contributed by atoms with Gasteiger partial charge in [0.25, 0.3) is 5.91 Å². The largest absolute Gasteiger partial charge is 0.493 e. The van der Waals surface area contributed by atoms with Gasteiger partial charge in [-0.1, -0.05) is 13.0 Å². The van der Waals surface area contributed by atoms with Crippen molar-refractivity contribution in [3.63, 3.8) is 0 Å². The topological polar surface area (TPSA) is 88.0 Å². The van der Waals surface area contributed by atoms with Crippen LogP contribution in [-0.2, 0) is 0 Å². The van der Waals surface area contributed by atoms with E-state index in [-0.39, 0.29) is 18.8 Å². The Balaban J connectivity index is 3.09. The summed E-state index contributed by atoms with van der Waals surface area (Å²) in [4.78, 5) is 12.3. The van der Waals surface area contributed by atoms with E-state index in [0.717, 1.165) is 0 Å². The van der Waals surface area contributed by atoms with E-state index in [1.807, 2.05) is 0 Å². The Labute approximate surface area is 118 Å². The molecule has 112 valence electrons. The Hall–Kier alpha value is -1.79. The SMILES string of the molecule is CCC(CO)(CO)NC(=O)c1cccc(OC)c1OC. The lowest BCUT2D eigenvalue weighted by molar-refractivity contribution is 0.0650. The second kappa shape index (κ2) is 7.12. The third kappa shape index (κ3) is 3.20. The van der Waals surface area contributed by atoms with Gasteiger partial charge in [-0.2, -0.15) is 0 Å². The predicted octanol–water partition coefficient (Wildman–Crippen LogP) is 0.567. The molecule has 0 aromatic heterocycles. The number of para-hydroxylation sites is 1. The van der Waals surface area contributed by atoms with Crippen molar-refractivity contribution in [3.8, 4) is 11.5 Å². The third-order valence-electron chi connectivity index (χ3n) is 3.31. The molecule has 1 rings (SSSR count). The van der Waals surface area contributed by atoms with Crippen LogP contribution in [0.3, 0.4) is 0 Å². The van der Waals surface area contributed by atoms with E-state index in [9.17, 15) is 15.0 Å². The molecule has 0 saturated carbocycles. The average Bonchev–Trinajstić information content (AvgIpc) is 2.51. The second-order valence-corrected chi connectivity index (χ2v) is 4.45. The molecule has 6 nitrogen and oxygen atoms in total. The summed E-state index contributed by atoms with van der Waals surface area (Å²) in [6.07, 6.45) is 0.401. The van der Waals surface area contributed by atoms with Crippen LogP contribution in [0.1, 0.15) is 23.7 Å². The molecule has 0 aliphatic carbocycles. The number of hydrogen-bond donors (Lipinski definition) is 3. The fourth-order valence-corrected chi connectivity index (χ4v) is 1.82. The highest BCUT2D eigenvalue weighted by Crippen LogP contribution is 2.30. The van der Waals surface area contributed by atoms with E-state index in [1.54, 1.807) is 25.1 Å². The van der Waals surface area contributed by atoms with Crippen LogP contribution in [0, 0.1) is 0 Å². The molecule has 20 heavy (non-hydrogen) atoms. The Morgan fingerprint density at radius 3 is 2.35 bits per heavy atom. The number of nitrogens with one attached hydrogen (secondary N) is 1. The molecule has 0 atom stereocenters. The van der Waals surface area contributed by atoms with Crippen LogP contribution in [0.5, 0.6) is 11.5 Å². The summed E-state index contributed by atoms with van der Waals surface area (Å²) in [5.41, 5.74) is -0.767. The third-order valence-corrected chi connectivity index (χ3v) is 3.31. The molecule has 0 fully saturated rings. The minimum absolute atomic E-state index is 0.284. The zero-order chi connectivity index (χ0) is 15.2. The van der Waals surface area contributed by atoms with Gasteiger partial charge in [0.05, 0.1) is 38.5 Å². The molecule has 0 spiro atoms. The summed E-state index contributed by atoms with van der Waals surface area (Å²) in [6, 6.07) is 4.94. The first-order chi connectivity index (χ1) is 9.57. The smallest absolute Gasteiger partial charge is 0.255 e. The van der Waals surface area contributed by atoms with Crippen LogP contribution in [0.4, 0.5) is 0 Å². The van der Waals surface area contributed by atoms with Gasteiger partial charge in [-0.15, -0.1) is 0 Å². The van der Waals surface area contributed by atoms with Crippen molar-refractivity contribution in [1.82, 2.24) is 5.32 Å². The predicted molar refractivity (Wildman–Crippen MR) is 74.2 cm³/mol. The molecule has 0 saturated heterocycles. The van der Waals surface area contributed by atoms with Crippen LogP contribution in [0.2, 0.25) is 0 Å². The maximum atomic E-state index is 12.3. The van der Waals surface area contributed by atoms with Crippen LogP contribution in [0.15, 0.2) is 18.2 Å². The molecule has 0 heterocycles. The minimum atomic E-state index is -1.05. The molecule has 0 aliphatic rings. The molecule has 0 aliphatic heterocycles. The van der Waals surface area contributed by atoms with Crippen molar-refractivity contribution >= 4 is 5.91 Å². The van der Waals surface area contributed by atoms with E-state index in [2.05, 4.69) is 5.32 Å². The van der Waals surface area contributed by atoms with E-state index in [1.165, 1.54) is 14.2 Å². The van der Waals surface area contributed by atoms with Crippen LogP contribution < -0.4 is 14.8 Å². The van der Waals surface area contributed by atoms with Gasteiger partial charge in [-0.3, -0.25) is 4.79 Å². The van der Waals surface area contributed by atoms with Crippen molar-refractivity contribution in [3.05, 3.63) is 23.8 Å². The van der Waals surface area contributed by atoms with Gasteiger partial charge < -0.3 is 25.0 Å². The van der Waals surface area contributed by atoms with Gasteiger partial charge in [-0.05, 0) is 18.6 Å². The van der Waals surface area contributed by atoms with E-state index in [0.29, 0.717) is 17.9 Å². The number of benzene rings is 1. The molecule has 1 amide bonds. The standard InChI is InChI=1S/C14H21NO5/c1-4-14(8-16,9-17)15-13(18)10-6-5-7-11(19-2)12(10)20-3/h5-7,16-17H,4,8-9H2,1-3H3,(H,15,18). The molecule has 1 aromatic rings. The Morgan fingerprint density at radius 1 is 1.25 bits per heavy atom. The summed E-state index contributed by atoms with van der Waals surface area (Å²) >= 11 is 0. The number of methoxy groups -OCH3 is 2. The number of amides is 1. The van der Waals surface area contributed by atoms with E-state index < -0.39 is 11.4 Å². The van der Waals surface area contributed by atoms with Crippen molar-refractivity contribution in [2.45, 2.75) is 18.9 Å². The van der Waals surface area contributed by atoms with Gasteiger partial charge in [0, 0.05) is 0 Å². The zero-order valence-electron chi connectivity index (χ0n) is 12.0. The first-order valence-electron chi connectivity index (χ1n) is 6.32. The summed E-state index contributed by atoms with van der Waals surface area (Å²) in [7, 11) is 2.93. The highest BCUT2D eigenvalue weighted by molar-refractivity contribution is 5.98. The van der Waals surface area contributed by atoms with Crippen LogP contribution in [-0.4, -0.2) is 49.1 Å². The molecule has 0 unspecified atom stereocenters. The molecule has 0 bridgehead atoms. The van der Waals surface area contributed by atoms with Crippen LogP contribution >= 0.6 is 0 Å². The molecule has 0 radical (unpaired) electrons. The summed E-state index contributed by atoms with van der Waals surface area (Å²) in [5, 5.41) is 21.4. The van der Waals surface area contributed by atoms with E-state index in [4.69, 9.17) is 9.47 Å². The molecule has 6 heteroatoms. The van der Waals surface area contributed by atoms with Gasteiger partial charge in [0.15, 0.2) is 11.5 Å². The van der Waals surface area contributed by atoms with Crippen molar-refractivity contribution in [2.24, 2.45) is 0 Å². The highest BCUT2D eigenvalue weighted by atomic mass is 16.5. The molecule has 3 N–H and O–H groups in total. The Bertz CT molecular complexity index is 449. The second-order valence-electron chi connectivity index (χ2n) is 4.45. The fraction of sp³-hybridized carbons (Fsp3) is 0.500. The lowest BCUT2D eigenvalue weighted by Gasteiger charge is -2.30. The molecular weight excluding hydrogens is 262 g/mol.